The molecule has 2 aromatic rings. The summed E-state index contributed by atoms with van der Waals surface area (Å²) >= 11 is 1.59. The highest BCUT2D eigenvalue weighted by atomic mass is 32.1. The van der Waals surface area contributed by atoms with Crippen LogP contribution in [0.5, 0.6) is 0 Å². The zero-order chi connectivity index (χ0) is 13.6. The summed E-state index contributed by atoms with van der Waals surface area (Å²) in [5, 5.41) is 9.26. The van der Waals surface area contributed by atoms with Crippen molar-refractivity contribution in [1.82, 2.24) is 14.8 Å². The van der Waals surface area contributed by atoms with E-state index in [1.165, 1.54) is 6.33 Å². The quantitative estimate of drug-likeness (QED) is 0.868. The minimum atomic E-state index is -0.441. The van der Waals surface area contributed by atoms with E-state index in [1.807, 2.05) is 25.3 Å². The number of carbonyl (C=O) groups excluding carboxylic acids is 1. The van der Waals surface area contributed by atoms with Crippen molar-refractivity contribution < 1.29 is 4.79 Å². The van der Waals surface area contributed by atoms with Crippen molar-refractivity contribution in [3.8, 4) is 0 Å². The number of aryl methyl sites for hydroxylation is 1. The monoisotopic (exact) mass is 275 g/mol. The highest BCUT2D eigenvalue weighted by molar-refractivity contribution is 7.10. The lowest BCUT2D eigenvalue weighted by Crippen LogP contribution is -2.31. The molecule has 0 aliphatic carbocycles. The van der Waals surface area contributed by atoms with E-state index in [-0.39, 0.29) is 6.04 Å². The lowest BCUT2D eigenvalue weighted by Gasteiger charge is -2.27. The third kappa shape index (κ3) is 1.74. The summed E-state index contributed by atoms with van der Waals surface area (Å²) in [4.78, 5) is 17.0. The maximum atomic E-state index is 11.8. The van der Waals surface area contributed by atoms with Gasteiger partial charge in [-0.1, -0.05) is 0 Å². The smallest absolute Gasteiger partial charge is 0.248 e. The van der Waals surface area contributed by atoms with Crippen LogP contribution in [0, 0.1) is 6.92 Å². The molecule has 0 fully saturated rings. The molecular weight excluding hydrogens is 262 g/mol. The average Bonchev–Trinajstić information content (AvgIpc) is 2.95. The van der Waals surface area contributed by atoms with Crippen LogP contribution in [0.25, 0.3) is 0 Å². The van der Waals surface area contributed by atoms with Crippen LogP contribution < -0.4 is 11.1 Å². The summed E-state index contributed by atoms with van der Waals surface area (Å²) in [6.45, 7) is 3.84. The van der Waals surface area contributed by atoms with Crippen LogP contribution in [0.1, 0.15) is 23.4 Å². The molecule has 7 heteroatoms. The number of rotatable bonds is 2. The van der Waals surface area contributed by atoms with Crippen LogP contribution in [-0.4, -0.2) is 20.7 Å². The summed E-state index contributed by atoms with van der Waals surface area (Å²) < 4.78 is 1.70. The standard InChI is InChI=1S/C12H13N5OS/c1-6-3-4-19-10(6)9-8(11(13)18)7(2)16-12-14-5-15-17(9)12/h3-5,9H,1-2H3,(H2,13,18)(H,14,15,16). The fourth-order valence-corrected chi connectivity index (χ4v) is 3.34. The topological polar surface area (TPSA) is 85.8 Å². The van der Waals surface area contributed by atoms with E-state index in [1.54, 1.807) is 16.0 Å². The molecule has 0 saturated heterocycles. The molecule has 19 heavy (non-hydrogen) atoms. The third-order valence-electron chi connectivity index (χ3n) is 3.21. The zero-order valence-electron chi connectivity index (χ0n) is 10.5. The fourth-order valence-electron chi connectivity index (χ4n) is 2.32. The lowest BCUT2D eigenvalue weighted by molar-refractivity contribution is -0.115. The first-order chi connectivity index (χ1) is 9.09. The number of nitrogens with two attached hydrogens (primary N) is 1. The summed E-state index contributed by atoms with van der Waals surface area (Å²) in [7, 11) is 0. The summed E-state index contributed by atoms with van der Waals surface area (Å²) in [6, 6.07) is 1.73. The molecule has 6 nitrogen and oxygen atoms in total. The molecule has 98 valence electrons. The van der Waals surface area contributed by atoms with Gasteiger partial charge in [0.2, 0.25) is 11.9 Å². The molecule has 0 bridgehead atoms. The maximum Gasteiger partial charge on any atom is 0.248 e. The number of thiophene rings is 1. The highest BCUT2D eigenvalue weighted by Gasteiger charge is 2.33. The van der Waals surface area contributed by atoms with E-state index in [9.17, 15) is 4.79 Å². The molecular formula is C12H13N5OS. The molecule has 3 heterocycles. The number of amides is 1. The lowest BCUT2D eigenvalue weighted by atomic mass is 9.99. The summed E-state index contributed by atoms with van der Waals surface area (Å²) in [6.07, 6.45) is 1.47. The van der Waals surface area contributed by atoms with Crippen LogP contribution in [-0.2, 0) is 4.79 Å². The number of allylic oxidation sites excluding steroid dienone is 1. The van der Waals surface area contributed by atoms with Gasteiger partial charge in [0.25, 0.3) is 0 Å². The fraction of sp³-hybridized carbons (Fsp3) is 0.250. The minimum Gasteiger partial charge on any atom is -0.366 e. The van der Waals surface area contributed by atoms with Crippen molar-refractivity contribution in [2.24, 2.45) is 5.73 Å². The maximum absolute atomic E-state index is 11.8. The third-order valence-corrected chi connectivity index (χ3v) is 4.28. The van der Waals surface area contributed by atoms with Crippen LogP contribution >= 0.6 is 11.3 Å². The van der Waals surface area contributed by atoms with Crippen molar-refractivity contribution in [2.45, 2.75) is 19.9 Å². The number of primary amides is 1. The van der Waals surface area contributed by atoms with E-state index in [0.717, 1.165) is 16.1 Å². The predicted octanol–water partition coefficient (Wildman–Crippen LogP) is 1.42. The zero-order valence-corrected chi connectivity index (χ0v) is 11.4. The molecule has 0 radical (unpaired) electrons. The Bertz CT molecular complexity index is 684. The molecule has 0 saturated carbocycles. The van der Waals surface area contributed by atoms with Crippen LogP contribution in [0.3, 0.4) is 0 Å². The summed E-state index contributed by atoms with van der Waals surface area (Å²) in [5.41, 5.74) is 7.91. The normalized spacial score (nSPS) is 18.1. The number of fused-ring (bicyclic) bond motifs is 1. The van der Waals surface area contributed by atoms with E-state index in [0.29, 0.717) is 11.5 Å². The number of hydrogen-bond acceptors (Lipinski definition) is 5. The number of aromatic nitrogens is 3. The Labute approximate surface area is 114 Å². The van der Waals surface area contributed by atoms with E-state index >= 15 is 0 Å². The van der Waals surface area contributed by atoms with Crippen molar-refractivity contribution in [3.63, 3.8) is 0 Å². The molecule has 1 aliphatic rings. The van der Waals surface area contributed by atoms with Crippen molar-refractivity contribution in [1.29, 1.82) is 0 Å². The first-order valence-electron chi connectivity index (χ1n) is 5.80. The van der Waals surface area contributed by atoms with Gasteiger partial charge in [-0.15, -0.1) is 11.3 Å². The number of nitrogens with zero attached hydrogens (tertiary/aromatic N) is 3. The van der Waals surface area contributed by atoms with Gasteiger partial charge in [0.15, 0.2) is 0 Å². The first-order valence-corrected chi connectivity index (χ1v) is 6.68. The van der Waals surface area contributed by atoms with Gasteiger partial charge in [0.1, 0.15) is 12.4 Å². The van der Waals surface area contributed by atoms with Gasteiger partial charge < -0.3 is 11.1 Å². The SMILES string of the molecule is CC1=C(C(N)=O)C(c2sccc2C)n2ncnc2N1. The minimum absolute atomic E-state index is 0.295. The summed E-state index contributed by atoms with van der Waals surface area (Å²) in [5.74, 6) is 0.184. The second-order valence-electron chi connectivity index (χ2n) is 4.43. The molecule has 3 rings (SSSR count). The molecule has 2 aromatic heterocycles. The van der Waals surface area contributed by atoms with Gasteiger partial charge in [-0.2, -0.15) is 10.1 Å². The number of hydrogen-bond donors (Lipinski definition) is 2. The van der Waals surface area contributed by atoms with Gasteiger partial charge in [-0.3, -0.25) is 4.79 Å². The second kappa shape index (κ2) is 4.20. The molecule has 0 aromatic carbocycles. The van der Waals surface area contributed by atoms with Gasteiger partial charge >= 0.3 is 0 Å². The van der Waals surface area contributed by atoms with Crippen molar-refractivity contribution in [2.75, 3.05) is 5.32 Å². The number of anilines is 1. The van der Waals surface area contributed by atoms with Gasteiger partial charge in [0.05, 0.1) is 5.57 Å². The van der Waals surface area contributed by atoms with E-state index in [4.69, 9.17) is 5.73 Å². The largest absolute Gasteiger partial charge is 0.366 e. The first kappa shape index (κ1) is 11.9. The van der Waals surface area contributed by atoms with Crippen LogP contribution in [0.15, 0.2) is 29.0 Å². The van der Waals surface area contributed by atoms with Gasteiger partial charge in [-0.05, 0) is 30.9 Å². The average molecular weight is 275 g/mol. The predicted molar refractivity (Wildman–Crippen MR) is 72.7 cm³/mol. The van der Waals surface area contributed by atoms with E-state index in [2.05, 4.69) is 15.4 Å². The molecule has 1 aliphatic heterocycles. The van der Waals surface area contributed by atoms with Crippen molar-refractivity contribution >= 4 is 23.2 Å². The Hall–Kier alpha value is -2.15. The number of nitrogens with one attached hydrogen (secondary N) is 1. The van der Waals surface area contributed by atoms with Crippen LogP contribution in [0.2, 0.25) is 0 Å². The van der Waals surface area contributed by atoms with Crippen molar-refractivity contribution in [3.05, 3.63) is 39.5 Å². The Morgan fingerprint density at radius 1 is 1.53 bits per heavy atom. The van der Waals surface area contributed by atoms with Gasteiger partial charge in [-0.25, -0.2) is 4.68 Å². The Balaban J connectivity index is 2.24. The molecule has 1 unspecified atom stereocenters. The van der Waals surface area contributed by atoms with Gasteiger partial charge in [0, 0.05) is 10.6 Å². The number of carbonyl (C=O) groups is 1. The molecule has 1 atom stereocenters. The molecule has 3 N–H and O–H groups in total. The van der Waals surface area contributed by atoms with Crippen LogP contribution in [0.4, 0.5) is 5.95 Å². The molecule has 0 spiro atoms. The van der Waals surface area contributed by atoms with E-state index < -0.39 is 5.91 Å². The Morgan fingerprint density at radius 2 is 2.32 bits per heavy atom. The highest BCUT2D eigenvalue weighted by Crippen LogP contribution is 2.37. The Morgan fingerprint density at radius 3 is 2.95 bits per heavy atom. The Kier molecular flexibility index (Phi) is 2.63. The molecule has 1 amide bonds. The second-order valence-corrected chi connectivity index (χ2v) is 5.37.